The minimum absolute atomic E-state index is 0.264. The highest BCUT2D eigenvalue weighted by Gasteiger charge is 2.24. The predicted octanol–water partition coefficient (Wildman–Crippen LogP) is 1.14. The Bertz CT molecular complexity index is 495. The first-order valence-corrected chi connectivity index (χ1v) is 7.75. The van der Waals surface area contributed by atoms with E-state index < -0.39 is 10.0 Å². The molecule has 2 N–H and O–H groups in total. The van der Waals surface area contributed by atoms with E-state index in [1.54, 1.807) is 13.8 Å². The van der Waals surface area contributed by atoms with Crippen LogP contribution in [0.15, 0.2) is 10.4 Å². The van der Waals surface area contributed by atoms with E-state index in [-0.39, 0.29) is 4.21 Å². The van der Waals surface area contributed by atoms with Gasteiger partial charge in [-0.05, 0) is 6.92 Å². The van der Waals surface area contributed by atoms with E-state index in [2.05, 4.69) is 4.98 Å². The molecule has 0 radical (unpaired) electrons. The smallest absolute Gasteiger partial charge is 0.254 e. The Kier molecular flexibility index (Phi) is 4.99. The SMILES string of the molecule is CCN(CCC(N)=S)S(=O)(=O)c1cnc(C)s1. The summed E-state index contributed by atoms with van der Waals surface area (Å²) in [6.07, 6.45) is 1.78. The summed E-state index contributed by atoms with van der Waals surface area (Å²) in [5.74, 6) is 0. The van der Waals surface area contributed by atoms with E-state index in [0.29, 0.717) is 24.5 Å². The van der Waals surface area contributed by atoms with Gasteiger partial charge >= 0.3 is 0 Å². The molecule has 5 nitrogen and oxygen atoms in total. The standard InChI is InChI=1S/C9H15N3O2S3/c1-3-12(5-4-8(10)15)17(13,14)9-6-11-7(2)16-9/h6H,3-5H2,1-2H3,(H2,10,15). The largest absolute Gasteiger partial charge is 0.393 e. The van der Waals surface area contributed by atoms with E-state index >= 15 is 0 Å². The highest BCUT2D eigenvalue weighted by molar-refractivity contribution is 7.91. The number of hydrogen-bond acceptors (Lipinski definition) is 5. The van der Waals surface area contributed by atoms with Crippen LogP contribution in [0.4, 0.5) is 0 Å². The van der Waals surface area contributed by atoms with Crippen LogP contribution >= 0.6 is 23.6 Å². The Balaban J connectivity index is 2.90. The van der Waals surface area contributed by atoms with Crippen molar-refractivity contribution in [2.45, 2.75) is 24.5 Å². The average molecular weight is 293 g/mol. The number of aromatic nitrogens is 1. The van der Waals surface area contributed by atoms with Crippen molar-refractivity contribution < 1.29 is 8.42 Å². The Hall–Kier alpha value is -0.570. The molecule has 0 bridgehead atoms. The third-order valence-corrected chi connectivity index (χ3v) is 5.68. The van der Waals surface area contributed by atoms with Gasteiger partial charge in [0.15, 0.2) is 4.21 Å². The number of nitrogens with zero attached hydrogens (tertiary/aromatic N) is 2. The lowest BCUT2D eigenvalue weighted by molar-refractivity contribution is 0.438. The minimum Gasteiger partial charge on any atom is -0.393 e. The number of aryl methyl sites for hydroxylation is 1. The summed E-state index contributed by atoms with van der Waals surface area (Å²) in [5, 5.41) is 0.731. The first-order valence-electron chi connectivity index (χ1n) is 5.08. The summed E-state index contributed by atoms with van der Waals surface area (Å²) in [6.45, 7) is 4.26. The topological polar surface area (TPSA) is 76.3 Å². The molecule has 1 heterocycles. The lowest BCUT2D eigenvalue weighted by Crippen LogP contribution is -2.33. The first-order chi connectivity index (χ1) is 7.87. The zero-order chi connectivity index (χ0) is 13.1. The summed E-state index contributed by atoms with van der Waals surface area (Å²) in [7, 11) is -3.45. The zero-order valence-electron chi connectivity index (χ0n) is 9.71. The van der Waals surface area contributed by atoms with Crippen LogP contribution in [0.25, 0.3) is 0 Å². The Morgan fingerprint density at radius 1 is 1.65 bits per heavy atom. The Labute approximate surface area is 111 Å². The van der Waals surface area contributed by atoms with Crippen molar-refractivity contribution in [1.82, 2.24) is 9.29 Å². The maximum absolute atomic E-state index is 12.2. The maximum atomic E-state index is 12.2. The first kappa shape index (κ1) is 14.5. The highest BCUT2D eigenvalue weighted by atomic mass is 32.2. The number of thiazole rings is 1. The van der Waals surface area contributed by atoms with Crippen LogP contribution in [0.2, 0.25) is 0 Å². The molecular formula is C9H15N3O2S3. The zero-order valence-corrected chi connectivity index (χ0v) is 12.2. The lowest BCUT2D eigenvalue weighted by atomic mass is 10.4. The van der Waals surface area contributed by atoms with Crippen LogP contribution in [0, 0.1) is 6.92 Å². The fraction of sp³-hybridized carbons (Fsp3) is 0.556. The van der Waals surface area contributed by atoms with Crippen LogP contribution in [-0.4, -0.2) is 35.8 Å². The quantitative estimate of drug-likeness (QED) is 0.796. The molecule has 1 rings (SSSR count). The molecule has 1 aromatic heterocycles. The van der Waals surface area contributed by atoms with Crippen molar-refractivity contribution in [1.29, 1.82) is 0 Å². The summed E-state index contributed by atoms with van der Waals surface area (Å²) in [4.78, 5) is 4.28. The Morgan fingerprint density at radius 2 is 2.29 bits per heavy atom. The highest BCUT2D eigenvalue weighted by Crippen LogP contribution is 2.22. The van der Waals surface area contributed by atoms with Gasteiger partial charge in [0.2, 0.25) is 0 Å². The summed E-state index contributed by atoms with van der Waals surface area (Å²) in [6, 6.07) is 0. The van der Waals surface area contributed by atoms with Gasteiger partial charge in [0, 0.05) is 19.5 Å². The predicted molar refractivity (Wildman–Crippen MR) is 72.7 cm³/mol. The molecular weight excluding hydrogens is 278 g/mol. The fourth-order valence-corrected chi connectivity index (χ4v) is 4.08. The van der Waals surface area contributed by atoms with Gasteiger partial charge in [-0.25, -0.2) is 13.4 Å². The molecule has 0 unspecified atom stereocenters. The molecule has 0 aromatic carbocycles. The fourth-order valence-electron chi connectivity index (χ4n) is 1.27. The van der Waals surface area contributed by atoms with Gasteiger partial charge in [0.05, 0.1) is 16.2 Å². The van der Waals surface area contributed by atoms with Crippen LogP contribution < -0.4 is 5.73 Å². The molecule has 0 aliphatic heterocycles. The van der Waals surface area contributed by atoms with Crippen molar-refractivity contribution in [3.05, 3.63) is 11.2 Å². The molecule has 0 saturated carbocycles. The van der Waals surface area contributed by atoms with Crippen molar-refractivity contribution in [2.75, 3.05) is 13.1 Å². The van der Waals surface area contributed by atoms with Crippen molar-refractivity contribution in [2.24, 2.45) is 5.73 Å². The normalized spacial score (nSPS) is 11.9. The van der Waals surface area contributed by atoms with Gasteiger partial charge < -0.3 is 5.73 Å². The third kappa shape index (κ3) is 3.70. The van der Waals surface area contributed by atoms with Gasteiger partial charge in [-0.15, -0.1) is 11.3 Å². The summed E-state index contributed by atoms with van der Waals surface area (Å²) in [5.41, 5.74) is 5.38. The van der Waals surface area contributed by atoms with Crippen LogP contribution in [-0.2, 0) is 10.0 Å². The molecule has 0 amide bonds. The summed E-state index contributed by atoms with van der Waals surface area (Å²) >= 11 is 5.92. The molecule has 0 atom stereocenters. The van der Waals surface area contributed by atoms with Gasteiger partial charge in [-0.2, -0.15) is 4.31 Å². The van der Waals surface area contributed by atoms with Gasteiger partial charge in [0.25, 0.3) is 10.0 Å². The number of rotatable bonds is 6. The van der Waals surface area contributed by atoms with E-state index in [4.69, 9.17) is 18.0 Å². The third-order valence-electron chi connectivity index (χ3n) is 2.15. The Morgan fingerprint density at radius 3 is 2.71 bits per heavy atom. The molecule has 0 aliphatic carbocycles. The lowest BCUT2D eigenvalue weighted by Gasteiger charge is -2.18. The molecule has 96 valence electrons. The van der Waals surface area contributed by atoms with E-state index in [0.717, 1.165) is 5.01 Å². The van der Waals surface area contributed by atoms with Gasteiger partial charge in [-0.3, -0.25) is 0 Å². The van der Waals surface area contributed by atoms with E-state index in [1.165, 1.54) is 21.8 Å². The van der Waals surface area contributed by atoms with Crippen molar-refractivity contribution in [3.63, 3.8) is 0 Å². The second kappa shape index (κ2) is 5.85. The molecule has 8 heteroatoms. The van der Waals surface area contributed by atoms with Crippen molar-refractivity contribution in [3.8, 4) is 0 Å². The van der Waals surface area contributed by atoms with E-state index in [1.807, 2.05) is 0 Å². The number of nitrogens with two attached hydrogens (primary N) is 1. The molecule has 1 aromatic rings. The average Bonchev–Trinajstić information content (AvgIpc) is 2.65. The van der Waals surface area contributed by atoms with Crippen LogP contribution in [0.1, 0.15) is 18.4 Å². The number of sulfonamides is 1. The molecule has 0 aliphatic rings. The molecule has 0 spiro atoms. The van der Waals surface area contributed by atoms with E-state index in [9.17, 15) is 8.42 Å². The molecule has 17 heavy (non-hydrogen) atoms. The minimum atomic E-state index is -3.45. The number of hydrogen-bond donors (Lipinski definition) is 1. The molecule has 0 saturated heterocycles. The van der Waals surface area contributed by atoms with Crippen LogP contribution in [0.5, 0.6) is 0 Å². The van der Waals surface area contributed by atoms with Gasteiger partial charge in [0.1, 0.15) is 0 Å². The van der Waals surface area contributed by atoms with Gasteiger partial charge in [-0.1, -0.05) is 19.1 Å². The summed E-state index contributed by atoms with van der Waals surface area (Å²) < 4.78 is 26.0. The second-order valence-corrected chi connectivity index (χ2v) is 7.34. The maximum Gasteiger partial charge on any atom is 0.254 e. The molecule has 0 fully saturated rings. The number of thiocarbonyl (C=S) groups is 1. The van der Waals surface area contributed by atoms with Crippen LogP contribution in [0.3, 0.4) is 0 Å². The monoisotopic (exact) mass is 293 g/mol. The second-order valence-electron chi connectivity index (χ2n) is 3.41. The van der Waals surface area contributed by atoms with Crippen molar-refractivity contribution >= 4 is 38.6 Å².